The number of hydrogen-bond donors (Lipinski definition) is 2. The van der Waals surface area contributed by atoms with Crippen LogP contribution < -0.4 is 20.2 Å². The van der Waals surface area contributed by atoms with Gasteiger partial charge in [-0.2, -0.15) is 5.10 Å². The highest BCUT2D eigenvalue weighted by Gasteiger charge is 2.26. The Balaban J connectivity index is 1.91. The second-order valence-corrected chi connectivity index (χ2v) is 5.56. The van der Waals surface area contributed by atoms with Crippen LogP contribution in [0, 0.1) is 0 Å². The minimum Gasteiger partial charge on any atom is -0.493 e. The molecule has 0 saturated heterocycles. The van der Waals surface area contributed by atoms with E-state index in [1.807, 2.05) is 0 Å². The lowest BCUT2D eigenvalue weighted by atomic mass is 10.2. The first-order valence-corrected chi connectivity index (χ1v) is 8.08. The highest BCUT2D eigenvalue weighted by molar-refractivity contribution is 6.35. The van der Waals surface area contributed by atoms with E-state index >= 15 is 0 Å². The van der Waals surface area contributed by atoms with Crippen molar-refractivity contribution in [1.29, 1.82) is 0 Å². The molecule has 0 aromatic heterocycles. The molecule has 2 rings (SSSR count). The summed E-state index contributed by atoms with van der Waals surface area (Å²) in [5, 5.41) is 6.40. The predicted octanol–water partition coefficient (Wildman–Crippen LogP) is 1.60. The van der Waals surface area contributed by atoms with E-state index in [0.717, 1.165) is 31.2 Å². The molecule has 1 fully saturated rings. The summed E-state index contributed by atoms with van der Waals surface area (Å²) in [6, 6.07) is 5.46. The van der Waals surface area contributed by atoms with Crippen LogP contribution >= 0.6 is 0 Å². The Kier molecular flexibility index (Phi) is 6.60. The Morgan fingerprint density at radius 3 is 2.75 bits per heavy atom. The van der Waals surface area contributed by atoms with Crippen molar-refractivity contribution in [2.75, 3.05) is 13.7 Å². The third-order valence-corrected chi connectivity index (χ3v) is 3.44. The lowest BCUT2D eigenvalue weighted by Crippen LogP contribution is -2.38. The van der Waals surface area contributed by atoms with Crippen LogP contribution in [-0.4, -0.2) is 37.8 Å². The van der Waals surface area contributed by atoms with Gasteiger partial charge in [-0.05, 0) is 43.0 Å². The molecule has 1 aliphatic rings. The maximum absolute atomic E-state index is 11.6. The highest BCUT2D eigenvalue weighted by atomic mass is 16.5. The van der Waals surface area contributed by atoms with Crippen LogP contribution in [0.1, 0.15) is 38.2 Å². The topological polar surface area (TPSA) is 89.0 Å². The number of hydrogen-bond acceptors (Lipinski definition) is 5. The zero-order valence-corrected chi connectivity index (χ0v) is 14.0. The molecule has 2 N–H and O–H groups in total. The van der Waals surface area contributed by atoms with Gasteiger partial charge >= 0.3 is 11.8 Å². The molecular weight excluding hydrogens is 310 g/mol. The van der Waals surface area contributed by atoms with Gasteiger partial charge in [0.25, 0.3) is 0 Å². The van der Waals surface area contributed by atoms with Crippen LogP contribution in [0.15, 0.2) is 23.3 Å². The summed E-state index contributed by atoms with van der Waals surface area (Å²) >= 11 is 0. The Hall–Kier alpha value is -2.57. The van der Waals surface area contributed by atoms with Crippen LogP contribution in [-0.2, 0) is 9.59 Å². The van der Waals surface area contributed by atoms with Crippen LogP contribution in [0.25, 0.3) is 0 Å². The van der Waals surface area contributed by atoms with Crippen molar-refractivity contribution in [3.63, 3.8) is 0 Å². The largest absolute Gasteiger partial charge is 0.493 e. The Morgan fingerprint density at radius 1 is 1.29 bits per heavy atom. The van der Waals surface area contributed by atoms with E-state index in [9.17, 15) is 9.59 Å². The molecule has 0 heterocycles. The molecule has 0 aliphatic heterocycles. The maximum atomic E-state index is 11.6. The van der Waals surface area contributed by atoms with Crippen LogP contribution in [0.4, 0.5) is 0 Å². The molecule has 0 atom stereocenters. The Morgan fingerprint density at radius 2 is 2.08 bits per heavy atom. The van der Waals surface area contributed by atoms with Crippen molar-refractivity contribution >= 4 is 18.0 Å². The molecule has 1 aliphatic carbocycles. The number of methoxy groups -OCH3 is 1. The average molecular weight is 333 g/mol. The zero-order valence-electron chi connectivity index (χ0n) is 14.0. The fraction of sp³-hybridized carbons (Fsp3) is 0.471. The first-order chi connectivity index (χ1) is 11.6. The molecule has 0 bridgehead atoms. The number of nitrogens with one attached hydrogen (secondary N) is 2. The average Bonchev–Trinajstić information content (AvgIpc) is 3.39. The molecule has 2 amide bonds. The van der Waals surface area contributed by atoms with Crippen molar-refractivity contribution in [3.05, 3.63) is 23.8 Å². The lowest BCUT2D eigenvalue weighted by molar-refractivity contribution is -0.139. The zero-order chi connectivity index (χ0) is 17.4. The molecule has 0 spiro atoms. The second kappa shape index (κ2) is 8.90. The number of unbranched alkanes of at least 4 members (excludes halogenated alkanes) is 1. The van der Waals surface area contributed by atoms with Gasteiger partial charge in [-0.25, -0.2) is 5.43 Å². The molecule has 1 saturated carbocycles. The molecule has 24 heavy (non-hydrogen) atoms. The maximum Gasteiger partial charge on any atom is 0.329 e. The summed E-state index contributed by atoms with van der Waals surface area (Å²) in [7, 11) is 1.58. The standard InChI is InChI=1S/C17H23N3O4/c1-3-4-9-24-15-10-12(5-8-14(15)23-2)11-18-20-17(22)16(21)19-13-6-7-13/h5,8,10-11,13H,3-4,6-7,9H2,1-2H3,(H,19,21)(H,20,22)/b18-11-. The van der Waals surface area contributed by atoms with E-state index in [0.29, 0.717) is 18.1 Å². The Bertz CT molecular complexity index is 612. The summed E-state index contributed by atoms with van der Waals surface area (Å²) < 4.78 is 10.9. The van der Waals surface area contributed by atoms with E-state index < -0.39 is 11.8 Å². The smallest absolute Gasteiger partial charge is 0.329 e. The number of benzene rings is 1. The van der Waals surface area contributed by atoms with E-state index in [2.05, 4.69) is 22.8 Å². The summed E-state index contributed by atoms with van der Waals surface area (Å²) in [5.74, 6) is -0.178. The summed E-state index contributed by atoms with van der Waals surface area (Å²) in [4.78, 5) is 23.0. The monoisotopic (exact) mass is 333 g/mol. The van der Waals surface area contributed by atoms with E-state index in [1.165, 1.54) is 6.21 Å². The van der Waals surface area contributed by atoms with Gasteiger partial charge < -0.3 is 14.8 Å². The third kappa shape index (κ3) is 5.57. The summed E-state index contributed by atoms with van der Waals surface area (Å²) in [6.45, 7) is 2.69. The molecule has 1 aromatic carbocycles. The number of ether oxygens (including phenoxy) is 2. The third-order valence-electron chi connectivity index (χ3n) is 3.44. The normalized spacial score (nSPS) is 13.6. The SMILES string of the molecule is CCCCOc1cc(/C=N\NC(=O)C(=O)NC2CC2)ccc1OC. The first-order valence-electron chi connectivity index (χ1n) is 8.08. The van der Waals surface area contributed by atoms with Crippen LogP contribution in [0.2, 0.25) is 0 Å². The number of rotatable bonds is 8. The second-order valence-electron chi connectivity index (χ2n) is 5.56. The van der Waals surface area contributed by atoms with Crippen molar-refractivity contribution in [1.82, 2.24) is 10.7 Å². The van der Waals surface area contributed by atoms with Gasteiger partial charge in [0.15, 0.2) is 11.5 Å². The summed E-state index contributed by atoms with van der Waals surface area (Å²) in [5.41, 5.74) is 2.94. The number of carbonyl (C=O) groups is 2. The Labute approximate surface area is 141 Å². The molecule has 7 heteroatoms. The molecule has 7 nitrogen and oxygen atoms in total. The summed E-state index contributed by atoms with van der Waals surface area (Å²) in [6.07, 6.45) is 5.30. The molecule has 0 radical (unpaired) electrons. The van der Waals surface area contributed by atoms with Gasteiger partial charge in [0.2, 0.25) is 0 Å². The molecular formula is C17H23N3O4. The number of nitrogens with zero attached hydrogens (tertiary/aromatic N) is 1. The minimum atomic E-state index is -0.772. The van der Waals surface area contributed by atoms with E-state index in [4.69, 9.17) is 9.47 Å². The van der Waals surface area contributed by atoms with E-state index in [-0.39, 0.29) is 6.04 Å². The predicted molar refractivity (Wildman–Crippen MR) is 90.3 cm³/mol. The van der Waals surface area contributed by atoms with E-state index in [1.54, 1.807) is 25.3 Å². The number of carbonyl (C=O) groups excluding carboxylic acids is 2. The molecule has 0 unspecified atom stereocenters. The van der Waals surface area contributed by atoms with Crippen molar-refractivity contribution < 1.29 is 19.1 Å². The minimum absolute atomic E-state index is 0.136. The van der Waals surface area contributed by atoms with Gasteiger partial charge in [0.05, 0.1) is 19.9 Å². The molecule has 1 aromatic rings. The number of amides is 2. The van der Waals surface area contributed by atoms with Gasteiger partial charge in [-0.3, -0.25) is 9.59 Å². The fourth-order valence-corrected chi connectivity index (χ4v) is 1.91. The van der Waals surface area contributed by atoms with Crippen LogP contribution in [0.3, 0.4) is 0 Å². The molecule has 130 valence electrons. The fourth-order valence-electron chi connectivity index (χ4n) is 1.91. The van der Waals surface area contributed by atoms with Gasteiger partial charge in [0.1, 0.15) is 0 Å². The van der Waals surface area contributed by atoms with Gasteiger partial charge in [0, 0.05) is 6.04 Å². The van der Waals surface area contributed by atoms with Gasteiger partial charge in [-0.1, -0.05) is 13.3 Å². The van der Waals surface area contributed by atoms with Crippen molar-refractivity contribution in [2.24, 2.45) is 5.10 Å². The first kappa shape index (κ1) is 17.8. The highest BCUT2D eigenvalue weighted by Crippen LogP contribution is 2.27. The van der Waals surface area contributed by atoms with Crippen molar-refractivity contribution in [2.45, 2.75) is 38.6 Å². The lowest BCUT2D eigenvalue weighted by Gasteiger charge is -2.10. The van der Waals surface area contributed by atoms with Crippen molar-refractivity contribution in [3.8, 4) is 11.5 Å². The van der Waals surface area contributed by atoms with Gasteiger partial charge in [-0.15, -0.1) is 0 Å². The quantitative estimate of drug-likeness (QED) is 0.327. The number of hydrazone groups is 1. The van der Waals surface area contributed by atoms with Crippen LogP contribution in [0.5, 0.6) is 11.5 Å².